The maximum absolute atomic E-state index is 13.3. The highest BCUT2D eigenvalue weighted by Crippen LogP contribution is 2.36. The van der Waals surface area contributed by atoms with Crippen molar-refractivity contribution in [2.45, 2.75) is 12.5 Å². The first-order valence-corrected chi connectivity index (χ1v) is 10.7. The van der Waals surface area contributed by atoms with E-state index >= 15 is 0 Å². The zero-order valence-electron chi connectivity index (χ0n) is 15.9. The van der Waals surface area contributed by atoms with Crippen LogP contribution in [0.2, 0.25) is 5.02 Å². The van der Waals surface area contributed by atoms with Crippen molar-refractivity contribution in [3.05, 3.63) is 81.3 Å². The van der Waals surface area contributed by atoms with Crippen LogP contribution < -0.4 is 15.5 Å². The molecular formula is C22H19ClFN3O2S. The van der Waals surface area contributed by atoms with Gasteiger partial charge in [-0.25, -0.2) is 4.39 Å². The number of benzene rings is 2. The maximum Gasteiger partial charge on any atom is 0.313 e. The molecule has 1 aliphatic rings. The number of nitrogens with zero attached hydrogens (tertiary/aromatic N) is 1. The molecule has 1 aliphatic heterocycles. The fraction of sp³-hybridized carbons (Fsp3) is 0.182. The number of thiophene rings is 1. The van der Waals surface area contributed by atoms with Gasteiger partial charge in [0.25, 0.3) is 0 Å². The van der Waals surface area contributed by atoms with Crippen LogP contribution in [0.1, 0.15) is 16.5 Å². The second-order valence-corrected chi connectivity index (χ2v) is 8.28. The molecule has 154 valence electrons. The molecule has 0 spiro atoms. The van der Waals surface area contributed by atoms with Crippen LogP contribution in [-0.2, 0) is 16.0 Å². The molecule has 0 radical (unpaired) electrons. The summed E-state index contributed by atoms with van der Waals surface area (Å²) < 4.78 is 13.3. The molecule has 0 saturated carbocycles. The fourth-order valence-electron chi connectivity index (χ4n) is 3.56. The van der Waals surface area contributed by atoms with Crippen LogP contribution in [0, 0.1) is 5.82 Å². The van der Waals surface area contributed by atoms with Crippen molar-refractivity contribution >= 4 is 46.1 Å². The highest BCUT2D eigenvalue weighted by atomic mass is 35.5. The Balaban J connectivity index is 1.44. The van der Waals surface area contributed by atoms with Crippen molar-refractivity contribution in [1.82, 2.24) is 5.32 Å². The Bertz CT molecular complexity index is 1070. The number of fused-ring (bicyclic) bond motifs is 1. The van der Waals surface area contributed by atoms with Gasteiger partial charge in [-0.3, -0.25) is 9.59 Å². The SMILES string of the molecule is O=C(NC[C@H](c1cccs1)N1CCc2ccccc21)C(=O)Nc1ccc(F)c(Cl)c1. The van der Waals surface area contributed by atoms with Gasteiger partial charge in [-0.2, -0.15) is 0 Å². The van der Waals surface area contributed by atoms with Gasteiger partial charge in [0.15, 0.2) is 0 Å². The van der Waals surface area contributed by atoms with Gasteiger partial charge in [0.05, 0.1) is 11.1 Å². The first-order chi connectivity index (χ1) is 14.5. The summed E-state index contributed by atoms with van der Waals surface area (Å²) >= 11 is 7.33. The van der Waals surface area contributed by atoms with Crippen LogP contribution >= 0.6 is 22.9 Å². The quantitative estimate of drug-likeness (QED) is 0.574. The number of rotatable bonds is 5. The van der Waals surface area contributed by atoms with E-state index in [2.05, 4.69) is 27.7 Å². The molecule has 0 fully saturated rings. The van der Waals surface area contributed by atoms with Gasteiger partial charge < -0.3 is 15.5 Å². The molecule has 2 aromatic carbocycles. The molecule has 0 saturated heterocycles. The van der Waals surface area contributed by atoms with E-state index in [0.717, 1.165) is 29.6 Å². The molecule has 1 aromatic heterocycles. The lowest BCUT2D eigenvalue weighted by molar-refractivity contribution is -0.136. The zero-order valence-corrected chi connectivity index (χ0v) is 17.5. The number of amides is 2. The summed E-state index contributed by atoms with van der Waals surface area (Å²) in [5, 5.41) is 7.04. The van der Waals surface area contributed by atoms with Gasteiger partial charge in [0, 0.05) is 29.3 Å². The van der Waals surface area contributed by atoms with Gasteiger partial charge in [0.1, 0.15) is 5.82 Å². The third kappa shape index (κ3) is 4.32. The van der Waals surface area contributed by atoms with Crippen molar-refractivity contribution in [1.29, 1.82) is 0 Å². The summed E-state index contributed by atoms with van der Waals surface area (Å²) in [7, 11) is 0. The van der Waals surface area contributed by atoms with E-state index in [0.29, 0.717) is 0 Å². The van der Waals surface area contributed by atoms with Crippen molar-refractivity contribution in [3.8, 4) is 0 Å². The minimum atomic E-state index is -0.829. The maximum atomic E-state index is 13.3. The van der Waals surface area contributed by atoms with E-state index in [9.17, 15) is 14.0 Å². The Labute approximate surface area is 182 Å². The monoisotopic (exact) mass is 443 g/mol. The van der Waals surface area contributed by atoms with Gasteiger partial charge in [0.2, 0.25) is 0 Å². The summed E-state index contributed by atoms with van der Waals surface area (Å²) in [5.41, 5.74) is 2.68. The van der Waals surface area contributed by atoms with Gasteiger partial charge in [-0.15, -0.1) is 11.3 Å². The van der Waals surface area contributed by atoms with Crippen LogP contribution in [0.5, 0.6) is 0 Å². The first-order valence-electron chi connectivity index (χ1n) is 9.45. The molecule has 8 heteroatoms. The standard InChI is InChI=1S/C22H19ClFN3O2S/c23-16-12-15(7-8-17(16)24)26-22(29)21(28)25-13-19(20-6-3-11-30-20)27-10-9-14-4-1-2-5-18(14)27/h1-8,11-12,19H,9-10,13H2,(H,25,28)(H,26,29)/t19-/m1/s1. The lowest BCUT2D eigenvalue weighted by Crippen LogP contribution is -2.41. The molecule has 0 bridgehead atoms. The molecule has 1 atom stereocenters. The van der Waals surface area contributed by atoms with Crippen molar-refractivity contribution in [2.24, 2.45) is 0 Å². The van der Waals surface area contributed by atoms with E-state index < -0.39 is 17.6 Å². The molecule has 0 unspecified atom stereocenters. The third-order valence-corrected chi connectivity index (χ3v) is 6.27. The Morgan fingerprint density at radius 2 is 1.97 bits per heavy atom. The second kappa shape index (κ2) is 8.85. The number of halogens is 2. The lowest BCUT2D eigenvalue weighted by atomic mass is 10.1. The third-order valence-electron chi connectivity index (χ3n) is 5.01. The highest BCUT2D eigenvalue weighted by molar-refractivity contribution is 7.10. The average Bonchev–Trinajstić information content (AvgIpc) is 3.42. The summed E-state index contributed by atoms with van der Waals surface area (Å²) in [4.78, 5) is 28.0. The van der Waals surface area contributed by atoms with Crippen LogP contribution in [-0.4, -0.2) is 24.9 Å². The Kier molecular flexibility index (Phi) is 6.01. The molecule has 4 rings (SSSR count). The second-order valence-electron chi connectivity index (χ2n) is 6.90. The van der Waals surface area contributed by atoms with Gasteiger partial charge in [-0.05, 0) is 47.7 Å². The fourth-order valence-corrected chi connectivity index (χ4v) is 4.58. The number of para-hydroxylation sites is 1. The summed E-state index contributed by atoms with van der Waals surface area (Å²) in [6, 6.07) is 15.9. The molecular weight excluding hydrogens is 425 g/mol. The number of carbonyl (C=O) groups is 2. The smallest absolute Gasteiger partial charge is 0.313 e. The Morgan fingerprint density at radius 1 is 1.13 bits per heavy atom. The zero-order chi connectivity index (χ0) is 21.1. The average molecular weight is 444 g/mol. The van der Waals surface area contributed by atoms with Crippen LogP contribution in [0.3, 0.4) is 0 Å². The molecule has 2 N–H and O–H groups in total. The van der Waals surface area contributed by atoms with E-state index in [4.69, 9.17) is 11.6 Å². The van der Waals surface area contributed by atoms with Crippen LogP contribution in [0.15, 0.2) is 60.0 Å². The van der Waals surface area contributed by atoms with Gasteiger partial charge >= 0.3 is 11.8 Å². The largest absolute Gasteiger partial charge is 0.361 e. The van der Waals surface area contributed by atoms with E-state index in [-0.39, 0.29) is 23.3 Å². The van der Waals surface area contributed by atoms with Crippen LogP contribution in [0.25, 0.3) is 0 Å². The molecule has 5 nitrogen and oxygen atoms in total. The molecule has 3 aromatic rings. The first kappa shape index (κ1) is 20.4. The number of hydrogen-bond acceptors (Lipinski definition) is 4. The predicted octanol–water partition coefficient (Wildman–Crippen LogP) is 4.40. The Hall–Kier alpha value is -2.90. The van der Waals surface area contributed by atoms with Crippen LogP contribution in [0.4, 0.5) is 15.8 Å². The van der Waals surface area contributed by atoms with Crippen molar-refractivity contribution < 1.29 is 14.0 Å². The number of nitrogens with one attached hydrogen (secondary N) is 2. The number of carbonyl (C=O) groups excluding carboxylic acids is 2. The van der Waals surface area contributed by atoms with Crippen molar-refractivity contribution in [3.63, 3.8) is 0 Å². The summed E-state index contributed by atoms with van der Waals surface area (Å²) in [6.07, 6.45) is 0.942. The summed E-state index contributed by atoms with van der Waals surface area (Å²) in [6.45, 7) is 1.13. The van der Waals surface area contributed by atoms with E-state index in [1.807, 2.05) is 29.6 Å². The molecule has 2 amide bonds. The number of anilines is 2. The Morgan fingerprint density at radius 3 is 2.73 bits per heavy atom. The molecule has 0 aliphatic carbocycles. The number of hydrogen-bond donors (Lipinski definition) is 2. The molecule has 30 heavy (non-hydrogen) atoms. The minimum Gasteiger partial charge on any atom is -0.361 e. The topological polar surface area (TPSA) is 61.4 Å². The molecule has 2 heterocycles. The van der Waals surface area contributed by atoms with E-state index in [1.165, 1.54) is 17.7 Å². The van der Waals surface area contributed by atoms with Gasteiger partial charge in [-0.1, -0.05) is 35.9 Å². The normalized spacial score (nSPS) is 13.6. The predicted molar refractivity (Wildman–Crippen MR) is 118 cm³/mol. The van der Waals surface area contributed by atoms with Crippen molar-refractivity contribution in [2.75, 3.05) is 23.3 Å². The lowest BCUT2D eigenvalue weighted by Gasteiger charge is -2.30. The van der Waals surface area contributed by atoms with E-state index in [1.54, 1.807) is 11.3 Å². The summed E-state index contributed by atoms with van der Waals surface area (Å²) in [5.74, 6) is -2.18. The highest BCUT2D eigenvalue weighted by Gasteiger charge is 2.28. The minimum absolute atomic E-state index is 0.0781.